The first-order chi connectivity index (χ1) is 7.50. The van der Waals surface area contributed by atoms with E-state index in [2.05, 4.69) is 13.8 Å². The molecule has 1 aromatic carbocycles. The summed E-state index contributed by atoms with van der Waals surface area (Å²) >= 11 is 0. The van der Waals surface area contributed by atoms with E-state index >= 15 is 0 Å². The third-order valence-corrected chi connectivity index (χ3v) is 2.86. The van der Waals surface area contributed by atoms with E-state index in [-0.39, 0.29) is 5.82 Å². The molecule has 0 aliphatic carbocycles. The van der Waals surface area contributed by atoms with E-state index in [0.717, 1.165) is 24.0 Å². The summed E-state index contributed by atoms with van der Waals surface area (Å²) in [5.41, 5.74) is 1.68. The number of rotatable bonds is 5. The summed E-state index contributed by atoms with van der Waals surface area (Å²) in [7, 11) is 0. The number of aryl methyl sites for hydroxylation is 1. The van der Waals surface area contributed by atoms with Crippen molar-refractivity contribution >= 4 is 0 Å². The first kappa shape index (κ1) is 13.2. The van der Waals surface area contributed by atoms with E-state index < -0.39 is 6.10 Å². The minimum Gasteiger partial charge on any atom is -0.388 e. The summed E-state index contributed by atoms with van der Waals surface area (Å²) < 4.78 is 13.0. The topological polar surface area (TPSA) is 20.2 Å². The van der Waals surface area contributed by atoms with Gasteiger partial charge in [-0.1, -0.05) is 32.8 Å². The zero-order valence-electron chi connectivity index (χ0n) is 10.3. The minimum absolute atomic E-state index is 0.275. The summed E-state index contributed by atoms with van der Waals surface area (Å²) in [6.07, 6.45) is 2.26. The molecule has 0 spiro atoms. The molecule has 0 aliphatic rings. The first-order valence-electron chi connectivity index (χ1n) is 5.95. The van der Waals surface area contributed by atoms with E-state index in [4.69, 9.17) is 0 Å². The molecule has 0 heterocycles. The van der Waals surface area contributed by atoms with Crippen LogP contribution in [0.1, 0.15) is 50.3 Å². The van der Waals surface area contributed by atoms with Gasteiger partial charge in [0.1, 0.15) is 5.82 Å². The van der Waals surface area contributed by atoms with Crippen LogP contribution in [0.2, 0.25) is 0 Å². The molecule has 1 aromatic rings. The molecule has 0 bridgehead atoms. The van der Waals surface area contributed by atoms with E-state index in [1.807, 2.05) is 6.92 Å². The van der Waals surface area contributed by atoms with Crippen LogP contribution in [0.25, 0.3) is 0 Å². The predicted molar refractivity (Wildman–Crippen MR) is 64.8 cm³/mol. The van der Waals surface area contributed by atoms with Crippen LogP contribution >= 0.6 is 0 Å². The third-order valence-electron chi connectivity index (χ3n) is 2.86. The maximum absolute atomic E-state index is 13.0. The lowest BCUT2D eigenvalue weighted by atomic mass is 9.97. The van der Waals surface area contributed by atoms with Crippen molar-refractivity contribution in [1.29, 1.82) is 0 Å². The second kappa shape index (κ2) is 6.00. The molecule has 1 atom stereocenters. The highest BCUT2D eigenvalue weighted by molar-refractivity contribution is 5.28. The van der Waals surface area contributed by atoms with Gasteiger partial charge in [-0.2, -0.15) is 0 Å². The number of aliphatic hydroxyl groups excluding tert-OH is 1. The van der Waals surface area contributed by atoms with Crippen molar-refractivity contribution < 1.29 is 9.50 Å². The molecule has 0 radical (unpaired) electrons. The smallest absolute Gasteiger partial charge is 0.123 e. The van der Waals surface area contributed by atoms with Crippen molar-refractivity contribution in [2.75, 3.05) is 0 Å². The second-order valence-electron chi connectivity index (χ2n) is 4.84. The van der Waals surface area contributed by atoms with Crippen molar-refractivity contribution in [3.8, 4) is 0 Å². The quantitative estimate of drug-likeness (QED) is 0.801. The molecule has 0 saturated carbocycles. The van der Waals surface area contributed by atoms with Gasteiger partial charge in [0.2, 0.25) is 0 Å². The van der Waals surface area contributed by atoms with Crippen LogP contribution in [0, 0.1) is 18.7 Å². The SMILES string of the molecule is Cc1ccc(F)cc1C(O)CCCC(C)C. The van der Waals surface area contributed by atoms with Crippen LogP contribution in [-0.2, 0) is 0 Å². The van der Waals surface area contributed by atoms with Crippen molar-refractivity contribution in [3.63, 3.8) is 0 Å². The monoisotopic (exact) mass is 224 g/mol. The highest BCUT2D eigenvalue weighted by atomic mass is 19.1. The van der Waals surface area contributed by atoms with E-state index in [1.165, 1.54) is 12.1 Å². The van der Waals surface area contributed by atoms with Gasteiger partial charge in [0.25, 0.3) is 0 Å². The molecule has 16 heavy (non-hydrogen) atoms. The average Bonchev–Trinajstić information content (AvgIpc) is 2.21. The molecule has 2 heteroatoms. The molecule has 0 aromatic heterocycles. The highest BCUT2D eigenvalue weighted by Crippen LogP contribution is 2.24. The molecule has 0 fully saturated rings. The van der Waals surface area contributed by atoms with Crippen LogP contribution in [0.15, 0.2) is 18.2 Å². The van der Waals surface area contributed by atoms with Gasteiger partial charge >= 0.3 is 0 Å². The number of halogens is 1. The molecule has 0 aliphatic heterocycles. The molecule has 0 amide bonds. The van der Waals surface area contributed by atoms with Crippen molar-refractivity contribution in [2.24, 2.45) is 5.92 Å². The normalized spacial score (nSPS) is 13.1. The molecular formula is C14H21FO. The van der Waals surface area contributed by atoms with Gasteiger partial charge in [-0.25, -0.2) is 4.39 Å². The fraction of sp³-hybridized carbons (Fsp3) is 0.571. The number of hydrogen-bond donors (Lipinski definition) is 1. The Morgan fingerprint density at radius 3 is 2.56 bits per heavy atom. The van der Waals surface area contributed by atoms with Crippen molar-refractivity contribution in [2.45, 2.75) is 46.1 Å². The highest BCUT2D eigenvalue weighted by Gasteiger charge is 2.11. The lowest BCUT2D eigenvalue weighted by molar-refractivity contribution is 0.161. The molecular weight excluding hydrogens is 203 g/mol. The lowest BCUT2D eigenvalue weighted by Gasteiger charge is -2.14. The van der Waals surface area contributed by atoms with Crippen molar-refractivity contribution in [1.82, 2.24) is 0 Å². The van der Waals surface area contributed by atoms with Gasteiger partial charge in [-0.15, -0.1) is 0 Å². The van der Waals surface area contributed by atoms with Gasteiger partial charge in [-0.3, -0.25) is 0 Å². The Bertz CT molecular complexity index is 334. The van der Waals surface area contributed by atoms with E-state index in [0.29, 0.717) is 12.3 Å². The predicted octanol–water partition coefficient (Wildman–Crippen LogP) is 3.99. The molecule has 1 N–H and O–H groups in total. The van der Waals surface area contributed by atoms with Crippen LogP contribution in [0.4, 0.5) is 4.39 Å². The lowest BCUT2D eigenvalue weighted by Crippen LogP contribution is -2.01. The van der Waals surface area contributed by atoms with Gasteiger partial charge in [0, 0.05) is 0 Å². The van der Waals surface area contributed by atoms with E-state index in [9.17, 15) is 9.50 Å². The largest absolute Gasteiger partial charge is 0.388 e. The van der Waals surface area contributed by atoms with Crippen LogP contribution in [0.5, 0.6) is 0 Å². The van der Waals surface area contributed by atoms with Crippen LogP contribution in [-0.4, -0.2) is 5.11 Å². The number of benzene rings is 1. The van der Waals surface area contributed by atoms with Gasteiger partial charge < -0.3 is 5.11 Å². The fourth-order valence-electron chi connectivity index (χ4n) is 1.85. The zero-order chi connectivity index (χ0) is 12.1. The average molecular weight is 224 g/mol. The van der Waals surface area contributed by atoms with Gasteiger partial charge in [0.15, 0.2) is 0 Å². The molecule has 1 unspecified atom stereocenters. The summed E-state index contributed by atoms with van der Waals surface area (Å²) in [4.78, 5) is 0. The maximum Gasteiger partial charge on any atom is 0.123 e. The minimum atomic E-state index is -0.533. The summed E-state index contributed by atoms with van der Waals surface area (Å²) in [5, 5.41) is 9.97. The van der Waals surface area contributed by atoms with E-state index in [1.54, 1.807) is 6.07 Å². The summed E-state index contributed by atoms with van der Waals surface area (Å²) in [6.45, 7) is 6.24. The Kier molecular flexibility index (Phi) is 4.94. The van der Waals surface area contributed by atoms with Crippen molar-refractivity contribution in [3.05, 3.63) is 35.1 Å². The maximum atomic E-state index is 13.0. The van der Waals surface area contributed by atoms with Gasteiger partial charge in [-0.05, 0) is 42.5 Å². The number of aliphatic hydroxyl groups is 1. The Morgan fingerprint density at radius 1 is 1.25 bits per heavy atom. The van der Waals surface area contributed by atoms with Crippen LogP contribution < -0.4 is 0 Å². The second-order valence-corrected chi connectivity index (χ2v) is 4.84. The Hall–Kier alpha value is -0.890. The third kappa shape index (κ3) is 3.93. The Labute approximate surface area is 97.3 Å². The number of hydrogen-bond acceptors (Lipinski definition) is 1. The zero-order valence-corrected chi connectivity index (χ0v) is 10.3. The van der Waals surface area contributed by atoms with Crippen LogP contribution in [0.3, 0.4) is 0 Å². The molecule has 0 saturated heterocycles. The van der Waals surface area contributed by atoms with Gasteiger partial charge in [0.05, 0.1) is 6.10 Å². The Morgan fingerprint density at radius 2 is 1.94 bits per heavy atom. The molecule has 1 rings (SSSR count). The molecule has 90 valence electrons. The standard InChI is InChI=1S/C14H21FO/c1-10(2)5-4-6-14(16)13-9-12(15)8-7-11(13)3/h7-10,14,16H,4-6H2,1-3H3. The molecule has 1 nitrogen and oxygen atoms in total. The summed E-state index contributed by atoms with van der Waals surface area (Å²) in [5.74, 6) is 0.379. The Balaban J connectivity index is 2.58. The first-order valence-corrected chi connectivity index (χ1v) is 5.95. The fourth-order valence-corrected chi connectivity index (χ4v) is 1.85. The summed E-state index contributed by atoms with van der Waals surface area (Å²) in [6, 6.07) is 4.59.